The Kier molecular flexibility index (Phi) is 5.70. The molecule has 1 heterocycles. The van der Waals surface area contributed by atoms with Crippen molar-refractivity contribution >= 4 is 0 Å². The van der Waals surface area contributed by atoms with Gasteiger partial charge in [0.2, 0.25) is 0 Å². The van der Waals surface area contributed by atoms with Gasteiger partial charge in [0.15, 0.2) is 0 Å². The predicted octanol–water partition coefficient (Wildman–Crippen LogP) is 7.16. The molecule has 1 saturated heterocycles. The fraction of sp³-hybridized carbons (Fsp3) is 0.931. The van der Waals surface area contributed by atoms with E-state index in [9.17, 15) is 5.11 Å². The van der Waals surface area contributed by atoms with Crippen LogP contribution < -0.4 is 0 Å². The van der Waals surface area contributed by atoms with Crippen LogP contribution in [0.5, 0.6) is 0 Å². The van der Waals surface area contributed by atoms with E-state index >= 15 is 0 Å². The molecule has 4 aliphatic carbocycles. The highest BCUT2D eigenvalue weighted by molar-refractivity contribution is 5.25. The van der Waals surface area contributed by atoms with Crippen LogP contribution in [0.2, 0.25) is 0 Å². The van der Waals surface area contributed by atoms with E-state index in [0.29, 0.717) is 10.8 Å². The van der Waals surface area contributed by atoms with Crippen LogP contribution in [0.1, 0.15) is 105 Å². The number of fused-ring (bicyclic) bond motifs is 5. The molecule has 31 heavy (non-hydrogen) atoms. The Balaban J connectivity index is 1.29. The standard InChI is InChI=1S/C29H48O2/c1-6-20(29(5)18-31-29)8-7-19(2)24-11-12-25-23-10-9-21-17-22(30)13-15-27(21,3)26(23)14-16-28(24,25)4/h9,19-20,22-26,30H,6-8,10-18H2,1-5H3/t19-,20+,22+,23?,24-,25?,26?,27+,28-,29-/m1/s1. The first-order valence-corrected chi connectivity index (χ1v) is 13.7. The molecule has 0 spiro atoms. The molecule has 0 aromatic rings. The van der Waals surface area contributed by atoms with Crippen LogP contribution >= 0.6 is 0 Å². The molecule has 1 aliphatic heterocycles. The van der Waals surface area contributed by atoms with Crippen molar-refractivity contribution in [1.29, 1.82) is 0 Å². The van der Waals surface area contributed by atoms with Crippen molar-refractivity contribution in [3.05, 3.63) is 11.6 Å². The molecule has 3 unspecified atom stereocenters. The summed E-state index contributed by atoms with van der Waals surface area (Å²) in [6.07, 6.45) is 16.8. The van der Waals surface area contributed by atoms with Gasteiger partial charge in [0.05, 0.1) is 18.3 Å². The minimum atomic E-state index is -0.0864. The minimum absolute atomic E-state index is 0.0864. The largest absolute Gasteiger partial charge is 0.393 e. The van der Waals surface area contributed by atoms with Gasteiger partial charge < -0.3 is 9.84 Å². The molecule has 0 radical (unpaired) electrons. The summed E-state index contributed by atoms with van der Waals surface area (Å²) in [5.74, 6) is 5.18. The Morgan fingerprint density at radius 1 is 1.06 bits per heavy atom. The second kappa shape index (κ2) is 7.86. The van der Waals surface area contributed by atoms with Gasteiger partial charge in [-0.15, -0.1) is 0 Å². The van der Waals surface area contributed by atoms with E-state index in [1.165, 1.54) is 57.8 Å². The highest BCUT2D eigenvalue weighted by Gasteiger charge is 2.59. The van der Waals surface area contributed by atoms with Gasteiger partial charge in [0, 0.05) is 0 Å². The van der Waals surface area contributed by atoms with Crippen molar-refractivity contribution in [2.75, 3.05) is 6.61 Å². The summed E-state index contributed by atoms with van der Waals surface area (Å²) in [4.78, 5) is 0. The van der Waals surface area contributed by atoms with Gasteiger partial charge in [-0.2, -0.15) is 0 Å². The van der Waals surface area contributed by atoms with Gasteiger partial charge in [-0.1, -0.05) is 52.2 Å². The van der Waals surface area contributed by atoms with Crippen LogP contribution in [0.4, 0.5) is 0 Å². The van der Waals surface area contributed by atoms with Crippen molar-refractivity contribution in [3.8, 4) is 0 Å². The molecule has 5 rings (SSSR count). The molecule has 0 aromatic heterocycles. The van der Waals surface area contributed by atoms with Gasteiger partial charge in [-0.25, -0.2) is 0 Å². The molecule has 3 saturated carbocycles. The zero-order valence-electron chi connectivity index (χ0n) is 21.0. The summed E-state index contributed by atoms with van der Waals surface area (Å²) >= 11 is 0. The number of allylic oxidation sites excluding steroid dienone is 1. The Morgan fingerprint density at radius 2 is 1.84 bits per heavy atom. The number of aliphatic hydroxyl groups excluding tert-OH is 1. The van der Waals surface area contributed by atoms with Crippen LogP contribution in [0.3, 0.4) is 0 Å². The third kappa shape index (κ3) is 3.58. The normalized spacial score (nSPS) is 50.6. The van der Waals surface area contributed by atoms with E-state index in [-0.39, 0.29) is 11.7 Å². The monoisotopic (exact) mass is 428 g/mol. The van der Waals surface area contributed by atoms with Crippen LogP contribution in [0.15, 0.2) is 11.6 Å². The average molecular weight is 429 g/mol. The summed E-state index contributed by atoms with van der Waals surface area (Å²) in [6, 6.07) is 0. The molecule has 176 valence electrons. The van der Waals surface area contributed by atoms with Crippen molar-refractivity contribution in [2.45, 2.75) is 117 Å². The zero-order chi connectivity index (χ0) is 22.0. The Bertz CT molecular complexity index is 708. The fourth-order valence-electron chi connectivity index (χ4n) is 9.57. The first-order chi connectivity index (χ1) is 14.7. The van der Waals surface area contributed by atoms with E-state index in [2.05, 4.69) is 40.7 Å². The van der Waals surface area contributed by atoms with Gasteiger partial charge >= 0.3 is 0 Å². The van der Waals surface area contributed by atoms with Gasteiger partial charge in [-0.3, -0.25) is 0 Å². The lowest BCUT2D eigenvalue weighted by Gasteiger charge is -2.58. The Hall–Kier alpha value is -0.340. The number of aliphatic hydroxyl groups is 1. The molecular weight excluding hydrogens is 380 g/mol. The summed E-state index contributed by atoms with van der Waals surface area (Å²) in [7, 11) is 0. The Morgan fingerprint density at radius 3 is 2.55 bits per heavy atom. The van der Waals surface area contributed by atoms with Gasteiger partial charge in [0.25, 0.3) is 0 Å². The SMILES string of the molecule is CC[C@@H](CC[C@@H](C)[C@H]1CCC2C3CC=C4C[C@@H](O)CC[C@]4(C)C3CC[C@@]21C)[C@@]1(C)CO1. The summed E-state index contributed by atoms with van der Waals surface area (Å²) < 4.78 is 5.81. The van der Waals surface area contributed by atoms with E-state index < -0.39 is 0 Å². The lowest BCUT2D eigenvalue weighted by atomic mass is 9.47. The number of hydrogen-bond donors (Lipinski definition) is 1. The summed E-state index contributed by atoms with van der Waals surface area (Å²) in [5, 5.41) is 10.3. The van der Waals surface area contributed by atoms with Crippen LogP contribution in [0.25, 0.3) is 0 Å². The highest BCUT2D eigenvalue weighted by atomic mass is 16.6. The number of ether oxygens (including phenoxy) is 1. The maximum Gasteiger partial charge on any atom is 0.0916 e. The average Bonchev–Trinajstić information content (AvgIpc) is 3.37. The molecule has 0 bridgehead atoms. The lowest BCUT2D eigenvalue weighted by Crippen LogP contribution is -2.50. The van der Waals surface area contributed by atoms with Gasteiger partial charge in [-0.05, 0) is 111 Å². The fourth-order valence-corrected chi connectivity index (χ4v) is 9.57. The smallest absolute Gasteiger partial charge is 0.0916 e. The topological polar surface area (TPSA) is 32.8 Å². The molecular formula is C29H48O2. The quantitative estimate of drug-likeness (QED) is 0.360. The van der Waals surface area contributed by atoms with Gasteiger partial charge in [0.1, 0.15) is 0 Å². The molecule has 5 aliphatic rings. The first kappa shape index (κ1) is 22.5. The van der Waals surface area contributed by atoms with Crippen molar-refractivity contribution in [3.63, 3.8) is 0 Å². The predicted molar refractivity (Wildman–Crippen MR) is 128 cm³/mol. The van der Waals surface area contributed by atoms with E-state index in [0.717, 1.165) is 55.0 Å². The number of hydrogen-bond acceptors (Lipinski definition) is 2. The second-order valence-corrected chi connectivity index (χ2v) is 13.1. The van der Waals surface area contributed by atoms with E-state index in [1.54, 1.807) is 5.57 Å². The third-order valence-electron chi connectivity index (χ3n) is 11.8. The molecule has 0 amide bonds. The molecule has 2 nitrogen and oxygen atoms in total. The maximum atomic E-state index is 10.3. The summed E-state index contributed by atoms with van der Waals surface area (Å²) in [6.45, 7) is 13.5. The highest BCUT2D eigenvalue weighted by Crippen LogP contribution is 2.67. The van der Waals surface area contributed by atoms with Crippen molar-refractivity contribution < 1.29 is 9.84 Å². The van der Waals surface area contributed by atoms with E-state index in [1.807, 2.05) is 0 Å². The maximum absolute atomic E-state index is 10.3. The molecule has 4 fully saturated rings. The zero-order valence-corrected chi connectivity index (χ0v) is 21.0. The van der Waals surface area contributed by atoms with E-state index in [4.69, 9.17) is 4.74 Å². The summed E-state index contributed by atoms with van der Waals surface area (Å²) in [5.41, 5.74) is 2.74. The molecule has 0 aromatic carbocycles. The number of rotatable bonds is 6. The van der Waals surface area contributed by atoms with Crippen LogP contribution in [0, 0.1) is 46.3 Å². The lowest BCUT2D eigenvalue weighted by molar-refractivity contribution is -0.0575. The third-order valence-corrected chi connectivity index (χ3v) is 11.8. The molecule has 2 heteroatoms. The number of epoxide rings is 1. The minimum Gasteiger partial charge on any atom is -0.393 e. The Labute approximate surface area is 191 Å². The van der Waals surface area contributed by atoms with Crippen LogP contribution in [-0.4, -0.2) is 23.4 Å². The first-order valence-electron chi connectivity index (χ1n) is 13.7. The second-order valence-electron chi connectivity index (χ2n) is 13.1. The van der Waals surface area contributed by atoms with Crippen molar-refractivity contribution in [2.24, 2.45) is 46.3 Å². The van der Waals surface area contributed by atoms with Crippen LogP contribution in [-0.2, 0) is 4.74 Å². The van der Waals surface area contributed by atoms with Crippen molar-refractivity contribution in [1.82, 2.24) is 0 Å². The molecule has 10 atom stereocenters. The molecule has 1 N–H and O–H groups in total.